The molecule has 0 aliphatic rings. The summed E-state index contributed by atoms with van der Waals surface area (Å²) in [5.74, 6) is -0.102. The highest BCUT2D eigenvalue weighted by Gasteiger charge is 2.15. The first-order valence-corrected chi connectivity index (χ1v) is 7.88. The molecule has 0 aliphatic heterocycles. The van der Waals surface area contributed by atoms with Crippen molar-refractivity contribution in [2.45, 2.75) is 13.8 Å². The lowest BCUT2D eigenvalue weighted by molar-refractivity contribution is -0.118. The molecule has 0 fully saturated rings. The van der Waals surface area contributed by atoms with E-state index in [0.29, 0.717) is 20.7 Å². The number of ether oxygens (including phenoxy) is 1. The van der Waals surface area contributed by atoms with E-state index in [4.69, 9.17) is 39.5 Å². The summed E-state index contributed by atoms with van der Waals surface area (Å²) < 4.78 is 5.39. The molecule has 1 aromatic heterocycles. The highest BCUT2D eigenvalue weighted by Crippen LogP contribution is 2.39. The number of aryl methyl sites for hydroxylation is 1. The molecule has 1 aromatic carbocycles. The molecular weight excluding hydrogens is 355 g/mol. The maximum Gasteiger partial charge on any atom is 0.264 e. The Labute approximate surface area is 141 Å². The van der Waals surface area contributed by atoms with Crippen LogP contribution in [-0.2, 0) is 4.79 Å². The third-order valence-corrected chi connectivity index (χ3v) is 4.57. The number of hydrogen-bond acceptors (Lipinski definition) is 4. The van der Waals surface area contributed by atoms with Crippen LogP contribution in [0, 0.1) is 13.8 Å². The molecule has 112 valence electrons. The number of nitrogens with one attached hydrogen (secondary N) is 1. The van der Waals surface area contributed by atoms with Crippen LogP contribution in [0.4, 0.5) is 5.13 Å². The molecule has 4 nitrogen and oxygen atoms in total. The highest BCUT2D eigenvalue weighted by atomic mass is 35.5. The largest absolute Gasteiger partial charge is 0.481 e. The highest BCUT2D eigenvalue weighted by molar-refractivity contribution is 7.13. The van der Waals surface area contributed by atoms with Gasteiger partial charge >= 0.3 is 0 Å². The average molecular weight is 366 g/mol. The molecule has 2 rings (SSSR count). The summed E-state index contributed by atoms with van der Waals surface area (Å²) in [5, 5.41) is 5.99. The van der Waals surface area contributed by atoms with Gasteiger partial charge in [-0.2, -0.15) is 0 Å². The molecule has 8 heteroatoms. The van der Waals surface area contributed by atoms with Crippen molar-refractivity contribution < 1.29 is 9.53 Å². The van der Waals surface area contributed by atoms with E-state index in [1.165, 1.54) is 17.4 Å². The van der Waals surface area contributed by atoms with Crippen LogP contribution in [0.3, 0.4) is 0 Å². The van der Waals surface area contributed by atoms with Crippen molar-refractivity contribution >= 4 is 57.2 Å². The Bertz CT molecular complexity index is 688. The van der Waals surface area contributed by atoms with Gasteiger partial charge in [-0.3, -0.25) is 10.1 Å². The summed E-state index contributed by atoms with van der Waals surface area (Å²) in [7, 11) is 0. The molecule has 0 unspecified atom stereocenters. The van der Waals surface area contributed by atoms with E-state index in [-0.39, 0.29) is 23.3 Å². The number of thiazole rings is 1. The average Bonchev–Trinajstić information content (AvgIpc) is 2.81. The Morgan fingerprint density at radius 3 is 2.67 bits per heavy atom. The predicted octanol–water partition coefficient (Wildman–Crippen LogP) is 4.74. The minimum Gasteiger partial charge on any atom is -0.481 e. The third kappa shape index (κ3) is 4.01. The number of amides is 1. The molecular formula is C13H11Cl3N2O2S. The lowest BCUT2D eigenvalue weighted by atomic mass is 10.2. The van der Waals surface area contributed by atoms with Gasteiger partial charge in [0, 0.05) is 10.4 Å². The molecule has 0 spiro atoms. The number of benzene rings is 1. The molecule has 0 aliphatic carbocycles. The topological polar surface area (TPSA) is 51.2 Å². The fourth-order valence-electron chi connectivity index (χ4n) is 1.50. The molecule has 0 saturated heterocycles. The van der Waals surface area contributed by atoms with Crippen molar-refractivity contribution in [3.8, 4) is 5.75 Å². The predicted molar refractivity (Wildman–Crippen MR) is 87.2 cm³/mol. The Morgan fingerprint density at radius 2 is 2.05 bits per heavy atom. The monoisotopic (exact) mass is 364 g/mol. The summed E-state index contributed by atoms with van der Waals surface area (Å²) >= 11 is 19.4. The van der Waals surface area contributed by atoms with Crippen LogP contribution in [-0.4, -0.2) is 17.5 Å². The molecule has 0 radical (unpaired) electrons. The maximum absolute atomic E-state index is 11.8. The lowest BCUT2D eigenvalue weighted by Crippen LogP contribution is -2.20. The summed E-state index contributed by atoms with van der Waals surface area (Å²) in [6.45, 7) is 3.37. The number of nitrogens with zero attached hydrogens (tertiary/aromatic N) is 1. The maximum atomic E-state index is 11.8. The molecule has 0 bridgehead atoms. The van der Waals surface area contributed by atoms with Gasteiger partial charge in [0.1, 0.15) is 0 Å². The first-order valence-electron chi connectivity index (χ1n) is 5.87. The van der Waals surface area contributed by atoms with Gasteiger partial charge in [-0.25, -0.2) is 4.98 Å². The Balaban J connectivity index is 2.03. The van der Waals surface area contributed by atoms with Gasteiger partial charge in [0.05, 0.1) is 15.7 Å². The van der Waals surface area contributed by atoms with Gasteiger partial charge in [0.25, 0.3) is 5.91 Å². The number of carbonyl (C=O) groups excluding carboxylic acids is 1. The van der Waals surface area contributed by atoms with Crippen LogP contribution < -0.4 is 10.1 Å². The van der Waals surface area contributed by atoms with E-state index in [1.807, 2.05) is 12.3 Å². The Morgan fingerprint density at radius 1 is 1.33 bits per heavy atom. The van der Waals surface area contributed by atoms with Crippen LogP contribution >= 0.6 is 46.1 Å². The first kappa shape index (κ1) is 16.4. The smallest absolute Gasteiger partial charge is 0.264 e. The van der Waals surface area contributed by atoms with Crippen LogP contribution in [0.2, 0.25) is 15.1 Å². The van der Waals surface area contributed by atoms with Crippen molar-refractivity contribution in [2.75, 3.05) is 11.9 Å². The van der Waals surface area contributed by atoms with E-state index in [2.05, 4.69) is 10.3 Å². The molecule has 0 saturated carbocycles. The van der Waals surface area contributed by atoms with Crippen LogP contribution in [0.15, 0.2) is 11.4 Å². The van der Waals surface area contributed by atoms with E-state index in [9.17, 15) is 4.79 Å². The second-order valence-electron chi connectivity index (χ2n) is 4.24. The van der Waals surface area contributed by atoms with E-state index in [1.54, 1.807) is 6.92 Å². The molecule has 2 aromatic rings. The molecule has 1 amide bonds. The van der Waals surface area contributed by atoms with Crippen molar-refractivity contribution in [3.63, 3.8) is 0 Å². The van der Waals surface area contributed by atoms with Crippen molar-refractivity contribution in [2.24, 2.45) is 0 Å². The molecule has 1 heterocycles. The fourth-order valence-corrected chi connectivity index (χ4v) is 3.08. The number of aromatic nitrogens is 1. The Kier molecular flexibility index (Phi) is 5.32. The zero-order chi connectivity index (χ0) is 15.6. The van der Waals surface area contributed by atoms with Gasteiger partial charge in [0.2, 0.25) is 0 Å². The summed E-state index contributed by atoms with van der Waals surface area (Å²) in [4.78, 5) is 15.9. The number of halogens is 3. The summed E-state index contributed by atoms with van der Waals surface area (Å²) in [6.07, 6.45) is 0. The molecule has 0 atom stereocenters. The van der Waals surface area contributed by atoms with Gasteiger partial charge in [-0.05, 0) is 25.5 Å². The third-order valence-electron chi connectivity index (χ3n) is 2.57. The van der Waals surface area contributed by atoms with Crippen molar-refractivity contribution in [3.05, 3.63) is 37.8 Å². The number of rotatable bonds is 4. The van der Waals surface area contributed by atoms with E-state index < -0.39 is 0 Å². The second kappa shape index (κ2) is 6.83. The molecule has 1 N–H and O–H groups in total. The van der Waals surface area contributed by atoms with Crippen LogP contribution in [0.25, 0.3) is 0 Å². The SMILES string of the molecule is Cc1csc(NC(=O)COc2c(Cl)cc(Cl)c(C)c2Cl)n1. The summed E-state index contributed by atoms with van der Waals surface area (Å²) in [6, 6.07) is 1.53. The van der Waals surface area contributed by atoms with E-state index in [0.717, 1.165) is 5.69 Å². The van der Waals surface area contributed by atoms with E-state index >= 15 is 0 Å². The standard InChI is InChI=1S/C13H11Cl3N2O2S/c1-6-5-21-13(17-6)18-10(19)4-20-12-9(15)3-8(14)7(2)11(12)16/h3,5H,4H2,1-2H3,(H,17,18,19). The number of carbonyl (C=O) groups is 1. The first-order chi connectivity index (χ1) is 9.88. The minimum atomic E-state index is -0.343. The fraction of sp³-hybridized carbons (Fsp3) is 0.231. The normalized spacial score (nSPS) is 10.5. The number of hydrogen-bond donors (Lipinski definition) is 1. The zero-order valence-corrected chi connectivity index (χ0v) is 14.3. The van der Waals surface area contributed by atoms with Crippen molar-refractivity contribution in [1.29, 1.82) is 0 Å². The van der Waals surface area contributed by atoms with Crippen molar-refractivity contribution in [1.82, 2.24) is 4.98 Å². The second-order valence-corrected chi connectivity index (χ2v) is 6.29. The van der Waals surface area contributed by atoms with Gasteiger partial charge < -0.3 is 4.74 Å². The van der Waals surface area contributed by atoms with Crippen LogP contribution in [0.1, 0.15) is 11.3 Å². The minimum absolute atomic E-state index is 0.223. The zero-order valence-electron chi connectivity index (χ0n) is 11.2. The number of anilines is 1. The Hall–Kier alpha value is -1.01. The summed E-state index contributed by atoms with van der Waals surface area (Å²) in [5.41, 5.74) is 1.49. The van der Waals surface area contributed by atoms with Gasteiger partial charge in [-0.15, -0.1) is 11.3 Å². The quantitative estimate of drug-likeness (QED) is 0.851. The van der Waals surface area contributed by atoms with Gasteiger partial charge in [0.15, 0.2) is 17.5 Å². The van der Waals surface area contributed by atoms with Gasteiger partial charge in [-0.1, -0.05) is 34.8 Å². The van der Waals surface area contributed by atoms with Crippen LogP contribution in [0.5, 0.6) is 5.75 Å². The molecule has 21 heavy (non-hydrogen) atoms. The lowest BCUT2D eigenvalue weighted by Gasteiger charge is -2.12.